The summed E-state index contributed by atoms with van der Waals surface area (Å²) in [5.41, 5.74) is 0. The van der Waals surface area contributed by atoms with Crippen LogP contribution >= 0.6 is 0 Å². The summed E-state index contributed by atoms with van der Waals surface area (Å²) in [5, 5.41) is 3.43. The van der Waals surface area contributed by atoms with Crippen LogP contribution in [0.1, 0.15) is 58.8 Å². The topological polar surface area (TPSA) is 46.2 Å². The van der Waals surface area contributed by atoms with Crippen molar-refractivity contribution in [2.24, 2.45) is 5.92 Å². The Kier molecular flexibility index (Phi) is 7.23. The standard InChI is InChI=1S/C14H29NO2S/c1-13(2)9-11-18(16,17)12-10-15-14-7-5-3-4-6-8-14/h13-15H,3-12H2,1-2H3. The second-order valence-electron chi connectivity index (χ2n) is 5.98. The predicted molar refractivity (Wildman–Crippen MR) is 77.6 cm³/mol. The van der Waals surface area contributed by atoms with E-state index >= 15 is 0 Å². The second-order valence-corrected chi connectivity index (χ2v) is 8.28. The Morgan fingerprint density at radius 2 is 1.67 bits per heavy atom. The Hall–Kier alpha value is -0.0900. The van der Waals surface area contributed by atoms with Gasteiger partial charge >= 0.3 is 0 Å². The van der Waals surface area contributed by atoms with Crippen LogP contribution in [0, 0.1) is 5.92 Å². The van der Waals surface area contributed by atoms with E-state index in [-0.39, 0.29) is 0 Å². The van der Waals surface area contributed by atoms with Gasteiger partial charge in [-0.2, -0.15) is 0 Å². The fourth-order valence-corrected chi connectivity index (χ4v) is 3.88. The van der Waals surface area contributed by atoms with E-state index in [2.05, 4.69) is 19.2 Å². The van der Waals surface area contributed by atoms with Gasteiger partial charge < -0.3 is 5.32 Å². The van der Waals surface area contributed by atoms with Gasteiger partial charge in [0.25, 0.3) is 0 Å². The van der Waals surface area contributed by atoms with Crippen LogP contribution in [0.2, 0.25) is 0 Å². The first-order valence-electron chi connectivity index (χ1n) is 7.43. The minimum atomic E-state index is -2.85. The molecule has 1 N–H and O–H groups in total. The third kappa shape index (κ3) is 7.37. The van der Waals surface area contributed by atoms with E-state index in [1.807, 2.05) is 0 Å². The molecule has 1 fully saturated rings. The van der Waals surface area contributed by atoms with Crippen LogP contribution < -0.4 is 5.32 Å². The Morgan fingerprint density at radius 1 is 1.06 bits per heavy atom. The molecule has 18 heavy (non-hydrogen) atoms. The van der Waals surface area contributed by atoms with Crippen molar-refractivity contribution in [2.45, 2.75) is 64.8 Å². The monoisotopic (exact) mass is 275 g/mol. The fraction of sp³-hybridized carbons (Fsp3) is 1.00. The summed E-state index contributed by atoms with van der Waals surface area (Å²) < 4.78 is 23.6. The first-order chi connectivity index (χ1) is 8.49. The van der Waals surface area contributed by atoms with Gasteiger partial charge in [0.05, 0.1) is 11.5 Å². The van der Waals surface area contributed by atoms with Gasteiger partial charge in [0.2, 0.25) is 0 Å². The molecule has 108 valence electrons. The Morgan fingerprint density at radius 3 is 2.22 bits per heavy atom. The van der Waals surface area contributed by atoms with Crippen LogP contribution in [0.3, 0.4) is 0 Å². The highest BCUT2D eigenvalue weighted by molar-refractivity contribution is 7.91. The highest BCUT2D eigenvalue weighted by Crippen LogP contribution is 2.17. The maximum absolute atomic E-state index is 11.8. The molecular weight excluding hydrogens is 246 g/mol. The smallest absolute Gasteiger partial charge is 0.151 e. The average Bonchev–Trinajstić information content (AvgIpc) is 2.55. The Balaban J connectivity index is 2.19. The summed E-state index contributed by atoms with van der Waals surface area (Å²) in [4.78, 5) is 0. The van der Waals surface area contributed by atoms with Gasteiger partial charge in [-0.15, -0.1) is 0 Å². The minimum Gasteiger partial charge on any atom is -0.313 e. The lowest BCUT2D eigenvalue weighted by molar-refractivity contribution is 0.471. The highest BCUT2D eigenvalue weighted by Gasteiger charge is 2.14. The van der Waals surface area contributed by atoms with Gasteiger partial charge in [0.15, 0.2) is 9.84 Å². The molecule has 0 aromatic heterocycles. The average molecular weight is 275 g/mol. The van der Waals surface area contributed by atoms with Crippen molar-refractivity contribution in [3.8, 4) is 0 Å². The Labute approximate surface area is 113 Å². The van der Waals surface area contributed by atoms with Gasteiger partial charge in [0, 0.05) is 12.6 Å². The normalized spacial score (nSPS) is 19.1. The maximum atomic E-state index is 11.8. The van der Waals surface area contributed by atoms with E-state index in [4.69, 9.17) is 0 Å². The molecule has 1 aliphatic rings. The van der Waals surface area contributed by atoms with Crippen molar-refractivity contribution in [2.75, 3.05) is 18.1 Å². The molecule has 0 heterocycles. The fourth-order valence-electron chi connectivity index (χ4n) is 2.42. The second kappa shape index (κ2) is 8.16. The molecule has 0 aliphatic heterocycles. The molecule has 0 amide bonds. The quantitative estimate of drug-likeness (QED) is 0.727. The summed E-state index contributed by atoms with van der Waals surface area (Å²) in [7, 11) is -2.85. The SMILES string of the molecule is CC(C)CCS(=O)(=O)CCNC1CCCCCC1. The molecule has 1 aliphatic carbocycles. The van der Waals surface area contributed by atoms with E-state index in [1.54, 1.807) is 0 Å². The zero-order valence-corrected chi connectivity index (χ0v) is 12.8. The number of sulfone groups is 1. The molecule has 0 saturated heterocycles. The predicted octanol–water partition coefficient (Wildman–Crippen LogP) is 2.76. The summed E-state index contributed by atoms with van der Waals surface area (Å²) in [6, 6.07) is 0.549. The van der Waals surface area contributed by atoms with Crippen molar-refractivity contribution in [3.63, 3.8) is 0 Å². The summed E-state index contributed by atoms with van der Waals surface area (Å²) in [6.07, 6.45) is 8.47. The van der Waals surface area contributed by atoms with Crippen molar-refractivity contribution >= 4 is 9.84 Å². The molecule has 0 spiro atoms. The van der Waals surface area contributed by atoms with Gasteiger partial charge in [0.1, 0.15) is 0 Å². The van der Waals surface area contributed by atoms with E-state index in [0.29, 0.717) is 30.0 Å². The molecule has 4 heteroatoms. The maximum Gasteiger partial charge on any atom is 0.151 e. The van der Waals surface area contributed by atoms with Crippen molar-refractivity contribution in [3.05, 3.63) is 0 Å². The van der Waals surface area contributed by atoms with Gasteiger partial charge in [-0.1, -0.05) is 39.5 Å². The third-order valence-electron chi connectivity index (χ3n) is 3.71. The van der Waals surface area contributed by atoms with E-state index < -0.39 is 9.84 Å². The van der Waals surface area contributed by atoms with E-state index in [1.165, 1.54) is 38.5 Å². The van der Waals surface area contributed by atoms with Crippen molar-refractivity contribution < 1.29 is 8.42 Å². The largest absolute Gasteiger partial charge is 0.313 e. The lowest BCUT2D eigenvalue weighted by atomic mass is 10.1. The number of hydrogen-bond donors (Lipinski definition) is 1. The van der Waals surface area contributed by atoms with Crippen molar-refractivity contribution in [1.82, 2.24) is 5.32 Å². The zero-order valence-electron chi connectivity index (χ0n) is 12.0. The lowest BCUT2D eigenvalue weighted by Crippen LogP contribution is -2.33. The third-order valence-corrected chi connectivity index (χ3v) is 5.39. The van der Waals surface area contributed by atoms with E-state index in [0.717, 1.165) is 6.42 Å². The molecule has 0 aromatic carbocycles. The molecular formula is C14H29NO2S. The number of rotatable bonds is 7. The zero-order chi connectivity index (χ0) is 13.4. The highest BCUT2D eigenvalue weighted by atomic mass is 32.2. The van der Waals surface area contributed by atoms with Crippen LogP contribution in [-0.4, -0.2) is 32.5 Å². The van der Waals surface area contributed by atoms with Crippen LogP contribution in [-0.2, 0) is 9.84 Å². The van der Waals surface area contributed by atoms with Gasteiger partial charge in [-0.05, 0) is 25.2 Å². The lowest BCUT2D eigenvalue weighted by Gasteiger charge is -2.16. The number of nitrogens with one attached hydrogen (secondary N) is 1. The molecule has 0 aromatic rings. The van der Waals surface area contributed by atoms with Crippen LogP contribution in [0.15, 0.2) is 0 Å². The molecule has 0 unspecified atom stereocenters. The molecule has 0 bridgehead atoms. The molecule has 3 nitrogen and oxygen atoms in total. The summed E-state index contributed by atoms with van der Waals surface area (Å²) in [6.45, 7) is 4.77. The van der Waals surface area contributed by atoms with Gasteiger partial charge in [-0.25, -0.2) is 8.42 Å². The molecule has 1 rings (SSSR count). The minimum absolute atomic E-state index is 0.302. The first kappa shape index (κ1) is 16.0. The van der Waals surface area contributed by atoms with Crippen LogP contribution in [0.4, 0.5) is 0 Å². The summed E-state index contributed by atoms with van der Waals surface area (Å²) >= 11 is 0. The van der Waals surface area contributed by atoms with E-state index in [9.17, 15) is 8.42 Å². The Bertz CT molecular complexity index is 304. The molecule has 0 atom stereocenters. The first-order valence-corrected chi connectivity index (χ1v) is 9.25. The molecule has 1 saturated carbocycles. The molecule has 0 radical (unpaired) electrons. The van der Waals surface area contributed by atoms with Crippen LogP contribution in [0.5, 0.6) is 0 Å². The number of hydrogen-bond acceptors (Lipinski definition) is 3. The van der Waals surface area contributed by atoms with Crippen LogP contribution in [0.25, 0.3) is 0 Å². The summed E-state index contributed by atoms with van der Waals surface area (Å²) in [5.74, 6) is 1.11. The van der Waals surface area contributed by atoms with Gasteiger partial charge in [-0.3, -0.25) is 0 Å². The van der Waals surface area contributed by atoms with Crippen molar-refractivity contribution in [1.29, 1.82) is 0 Å².